The number of fused-ring (bicyclic) bond motifs is 3. The van der Waals surface area contributed by atoms with Crippen molar-refractivity contribution in [1.82, 2.24) is 25.2 Å². The van der Waals surface area contributed by atoms with Gasteiger partial charge in [-0.15, -0.1) is 10.2 Å². The SMILES string of the molecule is O=C(O)C(c1ccccc1)(c1ccccc1)n1c2ccccc2c2cc(-c3nn[nH]n3)ccc21. The average molecular weight is 445 g/mol. The quantitative estimate of drug-likeness (QED) is 0.395. The van der Waals surface area contributed by atoms with Crippen molar-refractivity contribution >= 4 is 27.8 Å². The van der Waals surface area contributed by atoms with Gasteiger partial charge in [-0.2, -0.15) is 5.21 Å². The van der Waals surface area contributed by atoms with Crippen molar-refractivity contribution in [2.75, 3.05) is 0 Å². The Morgan fingerprint density at radius 3 is 2.00 bits per heavy atom. The molecular weight excluding hydrogens is 426 g/mol. The van der Waals surface area contributed by atoms with Crippen molar-refractivity contribution in [3.63, 3.8) is 0 Å². The molecule has 0 saturated heterocycles. The van der Waals surface area contributed by atoms with Gasteiger partial charge < -0.3 is 9.67 Å². The average Bonchev–Trinajstić information content (AvgIpc) is 3.53. The van der Waals surface area contributed by atoms with E-state index in [0.29, 0.717) is 17.0 Å². The van der Waals surface area contributed by atoms with Gasteiger partial charge in [0.15, 0.2) is 5.54 Å². The van der Waals surface area contributed by atoms with Crippen LogP contribution < -0.4 is 0 Å². The van der Waals surface area contributed by atoms with E-state index in [0.717, 1.165) is 27.4 Å². The van der Waals surface area contributed by atoms with Crippen LogP contribution in [0.5, 0.6) is 0 Å². The summed E-state index contributed by atoms with van der Waals surface area (Å²) in [6.07, 6.45) is 0. The van der Waals surface area contributed by atoms with Crippen LogP contribution in [-0.4, -0.2) is 36.3 Å². The third-order valence-corrected chi connectivity index (χ3v) is 6.30. The van der Waals surface area contributed by atoms with E-state index in [9.17, 15) is 9.90 Å². The summed E-state index contributed by atoms with van der Waals surface area (Å²) >= 11 is 0. The molecule has 0 saturated carbocycles. The topological polar surface area (TPSA) is 96.7 Å². The number of aromatic nitrogens is 5. The highest BCUT2D eigenvalue weighted by atomic mass is 16.4. The molecule has 0 fully saturated rings. The summed E-state index contributed by atoms with van der Waals surface area (Å²) in [5.74, 6) is -0.482. The first-order valence-electron chi connectivity index (χ1n) is 10.8. The fraction of sp³-hybridized carbons (Fsp3) is 0.0370. The standard InChI is InChI=1S/C27H19N5O2/c33-26(34)27(19-9-3-1-4-10-19,20-11-5-2-6-12-20)32-23-14-8-7-13-21(23)22-17-18(15-16-24(22)32)25-28-30-31-29-25/h1-17H,(H,33,34)(H,28,29,30,31). The second-order valence-electron chi connectivity index (χ2n) is 8.07. The molecule has 2 aromatic heterocycles. The molecule has 0 unspecified atom stereocenters. The maximum absolute atomic E-state index is 13.4. The van der Waals surface area contributed by atoms with E-state index in [1.54, 1.807) is 0 Å². The molecular formula is C27H19N5O2. The van der Waals surface area contributed by atoms with Gasteiger partial charge in [0.05, 0.1) is 11.0 Å². The molecule has 0 aliphatic carbocycles. The zero-order valence-electron chi connectivity index (χ0n) is 18.0. The fourth-order valence-electron chi connectivity index (χ4n) is 4.88. The number of hydrogen-bond donors (Lipinski definition) is 2. The minimum atomic E-state index is -1.49. The summed E-state index contributed by atoms with van der Waals surface area (Å²) < 4.78 is 1.94. The summed E-state index contributed by atoms with van der Waals surface area (Å²) in [6.45, 7) is 0. The lowest BCUT2D eigenvalue weighted by Crippen LogP contribution is -2.44. The molecule has 0 radical (unpaired) electrons. The minimum Gasteiger partial charge on any atom is -0.479 e. The number of rotatable bonds is 5. The zero-order valence-corrected chi connectivity index (χ0v) is 18.0. The maximum atomic E-state index is 13.4. The number of aliphatic carboxylic acids is 1. The van der Waals surface area contributed by atoms with Crippen molar-refractivity contribution in [2.45, 2.75) is 5.54 Å². The van der Waals surface area contributed by atoms with E-state index < -0.39 is 11.5 Å². The molecule has 0 aliphatic rings. The van der Waals surface area contributed by atoms with Crippen molar-refractivity contribution in [1.29, 1.82) is 0 Å². The second-order valence-corrected chi connectivity index (χ2v) is 8.07. The lowest BCUT2D eigenvalue weighted by Gasteiger charge is -2.34. The number of aromatic amines is 1. The Hall–Kier alpha value is -4.78. The molecule has 0 spiro atoms. The minimum absolute atomic E-state index is 0.481. The van der Waals surface area contributed by atoms with Gasteiger partial charge in [0.2, 0.25) is 5.82 Å². The Bertz CT molecular complexity index is 1580. The van der Waals surface area contributed by atoms with Gasteiger partial charge in [0.1, 0.15) is 0 Å². The largest absolute Gasteiger partial charge is 0.479 e. The summed E-state index contributed by atoms with van der Waals surface area (Å²) in [7, 11) is 0. The number of carboxylic acid groups (broad SMARTS) is 1. The van der Waals surface area contributed by atoms with Gasteiger partial charge in [-0.1, -0.05) is 78.9 Å². The van der Waals surface area contributed by atoms with E-state index >= 15 is 0 Å². The second kappa shape index (κ2) is 7.67. The Balaban J connectivity index is 1.79. The van der Waals surface area contributed by atoms with Gasteiger partial charge >= 0.3 is 5.97 Å². The van der Waals surface area contributed by atoms with Crippen molar-refractivity contribution in [3.8, 4) is 11.4 Å². The van der Waals surface area contributed by atoms with Crippen LogP contribution in [-0.2, 0) is 10.3 Å². The monoisotopic (exact) mass is 445 g/mol. The zero-order chi connectivity index (χ0) is 23.1. The molecule has 164 valence electrons. The van der Waals surface area contributed by atoms with Gasteiger partial charge in [0.25, 0.3) is 0 Å². The number of para-hydroxylation sites is 1. The van der Waals surface area contributed by atoms with Crippen LogP contribution in [0, 0.1) is 0 Å². The van der Waals surface area contributed by atoms with Crippen molar-refractivity contribution in [3.05, 3.63) is 114 Å². The number of carboxylic acids is 1. The van der Waals surface area contributed by atoms with Crippen LogP contribution >= 0.6 is 0 Å². The summed E-state index contributed by atoms with van der Waals surface area (Å²) in [4.78, 5) is 13.4. The molecule has 4 aromatic carbocycles. The first kappa shape index (κ1) is 19.9. The molecule has 0 amide bonds. The van der Waals surface area contributed by atoms with Gasteiger partial charge in [-0.05, 0) is 40.6 Å². The van der Waals surface area contributed by atoms with E-state index in [2.05, 4.69) is 20.6 Å². The molecule has 6 aromatic rings. The Kier molecular flexibility index (Phi) is 4.48. The Morgan fingerprint density at radius 2 is 1.38 bits per heavy atom. The molecule has 2 heterocycles. The number of tetrazole rings is 1. The van der Waals surface area contributed by atoms with E-state index in [-0.39, 0.29) is 0 Å². The number of carbonyl (C=O) groups is 1. The van der Waals surface area contributed by atoms with Crippen LogP contribution in [0.1, 0.15) is 11.1 Å². The predicted octanol–water partition coefficient (Wildman–Crippen LogP) is 4.85. The third kappa shape index (κ3) is 2.77. The van der Waals surface area contributed by atoms with E-state index in [1.165, 1.54) is 0 Å². The van der Waals surface area contributed by atoms with Crippen LogP contribution in [0.2, 0.25) is 0 Å². The molecule has 7 nitrogen and oxygen atoms in total. The molecule has 0 atom stereocenters. The Labute approximate surface area is 194 Å². The van der Waals surface area contributed by atoms with Crippen molar-refractivity contribution in [2.24, 2.45) is 0 Å². The van der Waals surface area contributed by atoms with Gasteiger partial charge in [-0.3, -0.25) is 0 Å². The van der Waals surface area contributed by atoms with Crippen molar-refractivity contribution < 1.29 is 9.90 Å². The molecule has 0 bridgehead atoms. The predicted molar refractivity (Wildman–Crippen MR) is 129 cm³/mol. The molecule has 0 aliphatic heterocycles. The first-order valence-corrected chi connectivity index (χ1v) is 10.8. The third-order valence-electron chi connectivity index (χ3n) is 6.30. The summed E-state index contributed by atoms with van der Waals surface area (Å²) in [6, 6.07) is 32.4. The van der Waals surface area contributed by atoms with Gasteiger partial charge in [-0.25, -0.2) is 4.79 Å². The normalized spacial score (nSPS) is 11.8. The van der Waals surface area contributed by atoms with Crippen LogP contribution in [0.4, 0.5) is 0 Å². The highest BCUT2D eigenvalue weighted by Gasteiger charge is 2.46. The molecule has 2 N–H and O–H groups in total. The maximum Gasteiger partial charge on any atom is 0.339 e. The van der Waals surface area contributed by atoms with E-state index in [4.69, 9.17) is 0 Å². The highest BCUT2D eigenvalue weighted by molar-refractivity contribution is 6.11. The van der Waals surface area contributed by atoms with Gasteiger partial charge in [0, 0.05) is 16.3 Å². The number of benzene rings is 4. The Morgan fingerprint density at radius 1 is 0.765 bits per heavy atom. The molecule has 34 heavy (non-hydrogen) atoms. The number of H-pyrrole nitrogens is 1. The number of hydrogen-bond acceptors (Lipinski definition) is 4. The van der Waals surface area contributed by atoms with Crippen LogP contribution in [0.15, 0.2) is 103 Å². The number of nitrogens with one attached hydrogen (secondary N) is 1. The summed E-state index contributed by atoms with van der Waals surface area (Å²) in [5.41, 5.74) is 2.25. The smallest absolute Gasteiger partial charge is 0.339 e. The lowest BCUT2D eigenvalue weighted by molar-refractivity contribution is -0.143. The van der Waals surface area contributed by atoms with Crippen LogP contribution in [0.25, 0.3) is 33.2 Å². The fourth-order valence-corrected chi connectivity index (χ4v) is 4.88. The molecule has 6 rings (SSSR count). The van der Waals surface area contributed by atoms with E-state index in [1.807, 2.05) is 108 Å². The molecule has 7 heteroatoms. The first-order chi connectivity index (χ1) is 16.7. The lowest BCUT2D eigenvalue weighted by atomic mass is 9.82. The number of nitrogens with zero attached hydrogens (tertiary/aromatic N) is 4. The summed E-state index contributed by atoms with van der Waals surface area (Å²) in [5, 5.41) is 27.2. The highest BCUT2D eigenvalue weighted by Crippen LogP contribution is 2.42. The van der Waals surface area contributed by atoms with Crippen LogP contribution in [0.3, 0.4) is 0 Å².